The molecule has 6 nitrogen and oxygen atoms in total. The first-order chi connectivity index (χ1) is 9.75. The van der Waals surface area contributed by atoms with Crippen molar-refractivity contribution in [3.8, 4) is 6.07 Å². The summed E-state index contributed by atoms with van der Waals surface area (Å²) in [6.07, 6.45) is -0.383. The lowest BCUT2D eigenvalue weighted by atomic mass is 10.0. The molecule has 1 heterocycles. The Labute approximate surface area is 126 Å². The minimum atomic E-state index is -1.61. The van der Waals surface area contributed by atoms with Crippen LogP contribution in [0.4, 0.5) is 10.1 Å². The van der Waals surface area contributed by atoms with Gasteiger partial charge in [0.2, 0.25) is 0 Å². The van der Waals surface area contributed by atoms with Gasteiger partial charge in [0.1, 0.15) is 17.9 Å². The molecule has 114 valence electrons. The molecule has 0 fully saturated rings. The Hall–Kier alpha value is -1.91. The Morgan fingerprint density at radius 1 is 1.67 bits per heavy atom. The van der Waals surface area contributed by atoms with Crippen LogP contribution in [-0.2, 0) is 0 Å². The third-order valence-electron chi connectivity index (χ3n) is 2.68. The fourth-order valence-electron chi connectivity index (χ4n) is 1.42. The smallest absolute Gasteiger partial charge is 0.255 e. The second kappa shape index (κ2) is 7.20. The molecule has 0 unspecified atom stereocenters. The summed E-state index contributed by atoms with van der Waals surface area (Å²) in [6, 6.07) is 3.27. The molecule has 8 heteroatoms. The molecule has 1 aromatic rings. The van der Waals surface area contributed by atoms with Crippen molar-refractivity contribution in [1.29, 1.82) is 5.26 Å². The van der Waals surface area contributed by atoms with Gasteiger partial charge in [-0.1, -0.05) is 11.6 Å². The van der Waals surface area contributed by atoms with Gasteiger partial charge in [-0.25, -0.2) is 9.37 Å². The molecule has 0 spiro atoms. The van der Waals surface area contributed by atoms with E-state index < -0.39 is 17.7 Å². The van der Waals surface area contributed by atoms with Crippen LogP contribution in [0.2, 0.25) is 5.15 Å². The van der Waals surface area contributed by atoms with Crippen LogP contribution in [0.25, 0.3) is 0 Å². The number of nitrogens with zero attached hydrogens (tertiary/aromatic N) is 2. The molecule has 0 aliphatic heterocycles. The van der Waals surface area contributed by atoms with Crippen LogP contribution in [0.15, 0.2) is 12.3 Å². The Bertz CT molecular complexity index is 554. The predicted molar refractivity (Wildman–Crippen MR) is 76.9 cm³/mol. The summed E-state index contributed by atoms with van der Waals surface area (Å²) < 4.78 is 13.6. The Morgan fingerprint density at radius 3 is 2.90 bits per heavy atom. The number of hydrogen-bond donors (Lipinski definition) is 3. The number of nitriles is 1. The Balaban J connectivity index is 2.80. The fraction of sp³-hybridized carbons (Fsp3) is 0.462. The van der Waals surface area contributed by atoms with E-state index in [1.54, 1.807) is 0 Å². The summed E-state index contributed by atoms with van der Waals surface area (Å²) in [6.45, 7) is 2.26. The summed E-state index contributed by atoms with van der Waals surface area (Å²) in [5.41, 5.74) is -1.08. The summed E-state index contributed by atoms with van der Waals surface area (Å²) in [5.74, 6) is -0.577. The van der Waals surface area contributed by atoms with Crippen LogP contribution in [-0.4, -0.2) is 40.9 Å². The first-order valence-corrected chi connectivity index (χ1v) is 6.54. The summed E-state index contributed by atoms with van der Waals surface area (Å²) >= 11 is 5.73. The number of alkyl halides is 1. The zero-order valence-corrected chi connectivity index (χ0v) is 12.4. The molecule has 1 aromatic heterocycles. The van der Waals surface area contributed by atoms with E-state index in [2.05, 4.69) is 15.6 Å². The quantitative estimate of drug-likeness (QED) is 0.546. The zero-order valence-electron chi connectivity index (χ0n) is 11.7. The number of carbonyl (C=O) groups excluding carboxylic acids is 1. The molecule has 0 aromatic carbocycles. The van der Waals surface area contributed by atoms with E-state index in [1.165, 1.54) is 26.1 Å². The van der Waals surface area contributed by atoms with E-state index in [-0.39, 0.29) is 23.8 Å². The van der Waals surface area contributed by atoms with E-state index in [0.29, 0.717) is 5.69 Å². The molecular weight excluding hydrogens is 299 g/mol. The number of carbonyl (C=O) groups is 1. The molecule has 0 radical (unpaired) electrons. The molecule has 0 saturated heterocycles. The molecule has 0 saturated carbocycles. The van der Waals surface area contributed by atoms with E-state index in [9.17, 15) is 14.3 Å². The van der Waals surface area contributed by atoms with E-state index in [1.807, 2.05) is 6.07 Å². The van der Waals surface area contributed by atoms with E-state index in [0.717, 1.165) is 0 Å². The number of aromatic nitrogens is 1. The summed E-state index contributed by atoms with van der Waals surface area (Å²) in [7, 11) is 0. The standard InChI is InChI=1S/C13H16ClFN4O2/c1-13(2,21)10(15)7-19-12(20)8-6-18-11(14)5-9(8)17-4-3-16/h5-6,10,21H,4,7H2,1-2H3,(H,17,18)(H,19,20)/t10-/m1/s1. The highest BCUT2D eigenvalue weighted by Crippen LogP contribution is 2.19. The zero-order chi connectivity index (χ0) is 16.0. The van der Waals surface area contributed by atoms with Gasteiger partial charge in [0.25, 0.3) is 5.91 Å². The van der Waals surface area contributed by atoms with Gasteiger partial charge in [0.05, 0.1) is 29.5 Å². The van der Waals surface area contributed by atoms with Crippen molar-refractivity contribution in [3.63, 3.8) is 0 Å². The lowest BCUT2D eigenvalue weighted by Crippen LogP contribution is -2.42. The van der Waals surface area contributed by atoms with Gasteiger partial charge < -0.3 is 15.7 Å². The monoisotopic (exact) mass is 314 g/mol. The fourth-order valence-corrected chi connectivity index (χ4v) is 1.58. The average molecular weight is 315 g/mol. The van der Waals surface area contributed by atoms with Gasteiger partial charge in [0, 0.05) is 6.20 Å². The highest BCUT2D eigenvalue weighted by Gasteiger charge is 2.27. The number of halogens is 2. The summed E-state index contributed by atoms with van der Waals surface area (Å²) in [4.78, 5) is 15.8. The highest BCUT2D eigenvalue weighted by molar-refractivity contribution is 6.29. The molecule has 0 bridgehead atoms. The van der Waals surface area contributed by atoms with Gasteiger partial charge in [-0.05, 0) is 19.9 Å². The van der Waals surface area contributed by atoms with Crippen molar-refractivity contribution < 1.29 is 14.3 Å². The number of nitrogens with one attached hydrogen (secondary N) is 2. The number of aliphatic hydroxyl groups is 1. The third kappa shape index (κ3) is 5.17. The Morgan fingerprint density at radius 2 is 2.33 bits per heavy atom. The Kier molecular flexibility index (Phi) is 5.88. The maximum Gasteiger partial charge on any atom is 0.255 e. The normalized spacial score (nSPS) is 12.4. The first-order valence-electron chi connectivity index (χ1n) is 6.16. The van der Waals surface area contributed by atoms with Gasteiger partial charge in [-0.2, -0.15) is 5.26 Å². The van der Waals surface area contributed by atoms with Crippen LogP contribution >= 0.6 is 11.6 Å². The number of pyridine rings is 1. The lowest BCUT2D eigenvalue weighted by molar-refractivity contribution is -0.00177. The number of anilines is 1. The number of amides is 1. The van der Waals surface area contributed by atoms with Gasteiger partial charge in [-0.3, -0.25) is 4.79 Å². The van der Waals surface area contributed by atoms with Crippen molar-refractivity contribution in [2.24, 2.45) is 0 Å². The molecule has 0 aliphatic carbocycles. The lowest BCUT2D eigenvalue weighted by Gasteiger charge is -2.22. The van der Waals surface area contributed by atoms with E-state index >= 15 is 0 Å². The minimum absolute atomic E-state index is 0.0178. The molecule has 1 amide bonds. The second-order valence-electron chi connectivity index (χ2n) is 4.90. The second-order valence-corrected chi connectivity index (χ2v) is 5.28. The van der Waals surface area contributed by atoms with E-state index in [4.69, 9.17) is 16.9 Å². The number of rotatable bonds is 6. The third-order valence-corrected chi connectivity index (χ3v) is 2.89. The summed E-state index contributed by atoms with van der Waals surface area (Å²) in [5, 5.41) is 23.3. The first kappa shape index (κ1) is 17.1. The molecule has 21 heavy (non-hydrogen) atoms. The van der Waals surface area contributed by atoms with Crippen molar-refractivity contribution in [3.05, 3.63) is 23.0 Å². The van der Waals surface area contributed by atoms with Crippen molar-refractivity contribution in [1.82, 2.24) is 10.3 Å². The van der Waals surface area contributed by atoms with Crippen molar-refractivity contribution >= 4 is 23.2 Å². The maximum absolute atomic E-state index is 13.6. The molecular formula is C13H16ClFN4O2. The molecule has 3 N–H and O–H groups in total. The van der Waals surface area contributed by atoms with Crippen molar-refractivity contribution in [2.75, 3.05) is 18.4 Å². The van der Waals surface area contributed by atoms with Gasteiger partial charge in [0.15, 0.2) is 0 Å². The van der Waals surface area contributed by atoms with Crippen LogP contribution in [0.1, 0.15) is 24.2 Å². The largest absolute Gasteiger partial charge is 0.387 e. The molecule has 1 rings (SSSR count). The van der Waals surface area contributed by atoms with Crippen LogP contribution in [0, 0.1) is 11.3 Å². The maximum atomic E-state index is 13.6. The molecule has 1 atom stereocenters. The van der Waals surface area contributed by atoms with Gasteiger partial charge >= 0.3 is 0 Å². The highest BCUT2D eigenvalue weighted by atomic mass is 35.5. The van der Waals surface area contributed by atoms with Crippen LogP contribution in [0.3, 0.4) is 0 Å². The van der Waals surface area contributed by atoms with Crippen molar-refractivity contribution in [2.45, 2.75) is 25.6 Å². The molecule has 0 aliphatic rings. The predicted octanol–water partition coefficient (Wildman–Crippen LogP) is 1.51. The topological polar surface area (TPSA) is 98.0 Å². The number of hydrogen-bond acceptors (Lipinski definition) is 5. The van der Waals surface area contributed by atoms with Crippen LogP contribution in [0.5, 0.6) is 0 Å². The average Bonchev–Trinajstić information content (AvgIpc) is 2.41. The SMILES string of the molecule is CC(C)(O)[C@H](F)CNC(=O)c1cnc(Cl)cc1NCC#N. The van der Waals surface area contributed by atoms with Gasteiger partial charge in [-0.15, -0.1) is 0 Å². The van der Waals surface area contributed by atoms with Crippen LogP contribution < -0.4 is 10.6 Å². The minimum Gasteiger partial charge on any atom is -0.387 e.